The summed E-state index contributed by atoms with van der Waals surface area (Å²) in [6.45, 7) is 2.41. The highest BCUT2D eigenvalue weighted by molar-refractivity contribution is 7.20. The smallest absolute Gasteiger partial charge is 0.275 e. The first-order chi connectivity index (χ1) is 11.5. The van der Waals surface area contributed by atoms with Gasteiger partial charge in [0.05, 0.1) is 6.04 Å². The van der Waals surface area contributed by atoms with Gasteiger partial charge < -0.3 is 10.2 Å². The fourth-order valence-corrected chi connectivity index (χ4v) is 3.61. The van der Waals surface area contributed by atoms with Crippen molar-refractivity contribution in [2.45, 2.75) is 13.0 Å². The molecule has 0 fully saturated rings. The molecule has 1 aromatic carbocycles. The van der Waals surface area contributed by atoms with E-state index in [4.69, 9.17) is 11.6 Å². The third-order valence-electron chi connectivity index (χ3n) is 3.71. The summed E-state index contributed by atoms with van der Waals surface area (Å²) in [5.41, 5.74) is 1.57. The lowest BCUT2D eigenvalue weighted by atomic mass is 10.1. The molecule has 1 atom stereocenters. The van der Waals surface area contributed by atoms with Gasteiger partial charge in [0.25, 0.3) is 5.56 Å². The number of aryl methyl sites for hydroxylation is 1. The molecule has 0 amide bonds. The van der Waals surface area contributed by atoms with Gasteiger partial charge in [-0.3, -0.25) is 4.79 Å². The molecule has 0 saturated heterocycles. The van der Waals surface area contributed by atoms with E-state index in [-0.39, 0.29) is 11.6 Å². The summed E-state index contributed by atoms with van der Waals surface area (Å²) in [6.07, 6.45) is 0. The van der Waals surface area contributed by atoms with E-state index in [0.717, 1.165) is 10.6 Å². The number of likely N-dealkylation sites (N-methyl/N-ethyl adjacent to an activating group) is 1. The lowest BCUT2D eigenvalue weighted by Crippen LogP contribution is -2.27. The molecular weight excluding hydrogens is 346 g/mol. The van der Waals surface area contributed by atoms with Crippen LogP contribution in [0.2, 0.25) is 5.02 Å². The Labute approximate surface area is 148 Å². The average molecular weight is 364 g/mol. The van der Waals surface area contributed by atoms with Crippen molar-refractivity contribution in [2.24, 2.45) is 0 Å². The molecule has 0 aliphatic carbocycles. The summed E-state index contributed by atoms with van der Waals surface area (Å²) in [5.74, 6) is 0. The number of fused-ring (bicyclic) bond motifs is 1. The second-order valence-corrected chi connectivity index (χ2v) is 7.08. The number of anilines is 1. The van der Waals surface area contributed by atoms with E-state index in [1.165, 1.54) is 21.9 Å². The van der Waals surface area contributed by atoms with Gasteiger partial charge in [0.2, 0.25) is 10.1 Å². The molecule has 0 radical (unpaired) electrons. The van der Waals surface area contributed by atoms with Crippen molar-refractivity contribution in [1.29, 1.82) is 0 Å². The zero-order valence-electron chi connectivity index (χ0n) is 13.7. The molecule has 1 N–H and O–H groups in total. The second-order valence-electron chi connectivity index (χ2n) is 5.72. The minimum Gasteiger partial charge on any atom is -0.358 e. The largest absolute Gasteiger partial charge is 0.358 e. The topological polar surface area (TPSA) is 62.5 Å². The number of benzene rings is 1. The Balaban J connectivity index is 1.84. The van der Waals surface area contributed by atoms with E-state index in [2.05, 4.69) is 20.3 Å². The molecule has 0 aliphatic rings. The van der Waals surface area contributed by atoms with E-state index in [1.54, 1.807) is 6.92 Å². The van der Waals surface area contributed by atoms with E-state index in [9.17, 15) is 4.79 Å². The van der Waals surface area contributed by atoms with Crippen LogP contribution in [-0.2, 0) is 0 Å². The first-order valence-corrected chi connectivity index (χ1v) is 8.67. The molecule has 0 spiro atoms. The van der Waals surface area contributed by atoms with Gasteiger partial charge in [-0.2, -0.15) is 4.52 Å². The van der Waals surface area contributed by atoms with Crippen LogP contribution in [0, 0.1) is 6.92 Å². The monoisotopic (exact) mass is 363 g/mol. The fraction of sp³-hybridized carbons (Fsp3) is 0.312. The van der Waals surface area contributed by atoms with Crippen LogP contribution in [0.1, 0.15) is 17.3 Å². The van der Waals surface area contributed by atoms with Crippen molar-refractivity contribution in [1.82, 2.24) is 19.5 Å². The molecular formula is C16H18ClN5OS. The lowest BCUT2D eigenvalue weighted by Gasteiger charge is -2.25. The molecule has 2 aromatic heterocycles. The van der Waals surface area contributed by atoms with E-state index >= 15 is 0 Å². The number of nitrogens with zero attached hydrogens (tertiary/aromatic N) is 4. The summed E-state index contributed by atoms with van der Waals surface area (Å²) >= 11 is 7.68. The third-order valence-corrected chi connectivity index (χ3v) is 4.92. The summed E-state index contributed by atoms with van der Waals surface area (Å²) in [6, 6.07) is 9.35. The van der Waals surface area contributed by atoms with Crippen molar-refractivity contribution in [3.8, 4) is 0 Å². The summed E-state index contributed by atoms with van der Waals surface area (Å²) in [4.78, 5) is 19.0. The van der Waals surface area contributed by atoms with Crippen LogP contribution in [0.5, 0.6) is 0 Å². The van der Waals surface area contributed by atoms with Gasteiger partial charge in [0, 0.05) is 23.3 Å². The zero-order chi connectivity index (χ0) is 17.3. The molecule has 3 rings (SSSR count). The Morgan fingerprint density at radius 3 is 2.83 bits per heavy atom. The van der Waals surface area contributed by atoms with Gasteiger partial charge in [-0.25, -0.2) is 4.98 Å². The van der Waals surface area contributed by atoms with Crippen molar-refractivity contribution >= 4 is 33.0 Å². The first kappa shape index (κ1) is 16.9. The van der Waals surface area contributed by atoms with Gasteiger partial charge in [-0.1, -0.05) is 41.1 Å². The molecule has 2 heterocycles. The van der Waals surface area contributed by atoms with E-state index in [1.807, 2.05) is 38.4 Å². The molecule has 0 bridgehead atoms. The Kier molecular flexibility index (Phi) is 4.84. The minimum absolute atomic E-state index is 0.0807. The Morgan fingerprint density at radius 2 is 2.12 bits per heavy atom. The first-order valence-electron chi connectivity index (χ1n) is 7.48. The Hall–Kier alpha value is -1.96. The highest BCUT2D eigenvalue weighted by atomic mass is 35.5. The van der Waals surface area contributed by atoms with E-state index in [0.29, 0.717) is 22.3 Å². The fourth-order valence-electron chi connectivity index (χ4n) is 2.49. The van der Waals surface area contributed by atoms with Crippen LogP contribution in [0.15, 0.2) is 35.1 Å². The standard InChI is InChI=1S/C16H18ClN5OS/c1-10-8-14(23)22-16(19-10)24-15(20-22)18-9-13(21(2)3)11-6-4-5-7-12(11)17/h4-8,13H,9H2,1-3H3,(H,18,20). The quantitative estimate of drug-likeness (QED) is 0.755. The third kappa shape index (κ3) is 3.43. The number of hydrogen-bond donors (Lipinski definition) is 1. The van der Waals surface area contributed by atoms with Gasteiger partial charge in [0.15, 0.2) is 0 Å². The zero-order valence-corrected chi connectivity index (χ0v) is 15.2. The second kappa shape index (κ2) is 6.88. The van der Waals surface area contributed by atoms with Crippen LogP contribution in [0.25, 0.3) is 4.96 Å². The van der Waals surface area contributed by atoms with Crippen LogP contribution in [-0.4, -0.2) is 40.1 Å². The van der Waals surface area contributed by atoms with Crippen molar-refractivity contribution in [3.05, 3.63) is 57.0 Å². The van der Waals surface area contributed by atoms with Crippen LogP contribution < -0.4 is 10.9 Å². The predicted octanol–water partition coefficient (Wildman–Crippen LogP) is 2.83. The normalized spacial score (nSPS) is 12.7. The predicted molar refractivity (Wildman–Crippen MR) is 98.2 cm³/mol. The number of halogens is 1. The van der Waals surface area contributed by atoms with Crippen molar-refractivity contribution in [2.75, 3.05) is 26.0 Å². The number of nitrogens with one attached hydrogen (secondary N) is 1. The van der Waals surface area contributed by atoms with Gasteiger partial charge in [-0.05, 0) is 32.6 Å². The molecule has 3 aromatic rings. The number of aromatic nitrogens is 3. The van der Waals surface area contributed by atoms with Crippen molar-refractivity contribution < 1.29 is 0 Å². The molecule has 126 valence electrons. The summed E-state index contributed by atoms with van der Waals surface area (Å²) in [5, 5.41) is 8.98. The molecule has 8 heteroatoms. The number of rotatable bonds is 5. The molecule has 0 saturated carbocycles. The minimum atomic E-state index is -0.169. The number of hydrogen-bond acceptors (Lipinski definition) is 6. The maximum atomic E-state index is 11.9. The Bertz CT molecular complexity index is 920. The Morgan fingerprint density at radius 1 is 1.38 bits per heavy atom. The van der Waals surface area contributed by atoms with Gasteiger partial charge in [0.1, 0.15) is 0 Å². The van der Waals surface area contributed by atoms with Crippen LogP contribution >= 0.6 is 22.9 Å². The highest BCUT2D eigenvalue weighted by Gasteiger charge is 2.17. The summed E-state index contributed by atoms with van der Waals surface area (Å²) < 4.78 is 1.32. The molecule has 24 heavy (non-hydrogen) atoms. The molecule has 6 nitrogen and oxygen atoms in total. The SMILES string of the molecule is Cc1cc(=O)n2nc(NCC(c3ccccc3Cl)N(C)C)sc2n1. The van der Waals surface area contributed by atoms with Crippen LogP contribution in [0.3, 0.4) is 0 Å². The van der Waals surface area contributed by atoms with Crippen molar-refractivity contribution in [3.63, 3.8) is 0 Å². The maximum absolute atomic E-state index is 11.9. The van der Waals surface area contributed by atoms with Gasteiger partial charge >= 0.3 is 0 Å². The average Bonchev–Trinajstić information content (AvgIpc) is 2.92. The summed E-state index contributed by atoms with van der Waals surface area (Å²) in [7, 11) is 4.01. The molecule has 1 unspecified atom stereocenters. The maximum Gasteiger partial charge on any atom is 0.275 e. The van der Waals surface area contributed by atoms with Gasteiger partial charge in [-0.15, -0.1) is 5.10 Å². The highest BCUT2D eigenvalue weighted by Crippen LogP contribution is 2.27. The molecule has 0 aliphatic heterocycles. The van der Waals surface area contributed by atoms with Crippen LogP contribution in [0.4, 0.5) is 5.13 Å². The van der Waals surface area contributed by atoms with E-state index < -0.39 is 0 Å². The lowest BCUT2D eigenvalue weighted by molar-refractivity contribution is 0.312.